The molecule has 1 aromatic rings. The Kier molecular flexibility index (Phi) is 3.99. The van der Waals surface area contributed by atoms with E-state index >= 15 is 0 Å². The van der Waals surface area contributed by atoms with Gasteiger partial charge in [-0.25, -0.2) is 9.97 Å². The van der Waals surface area contributed by atoms with E-state index in [9.17, 15) is 5.11 Å². The van der Waals surface area contributed by atoms with Gasteiger partial charge in [0.2, 0.25) is 0 Å². The molecule has 2 aliphatic rings. The molecule has 5 heteroatoms. The third-order valence-corrected chi connectivity index (χ3v) is 4.49. The first-order valence-corrected chi connectivity index (χ1v) is 7.79. The van der Waals surface area contributed by atoms with Gasteiger partial charge in [-0.05, 0) is 45.2 Å². The van der Waals surface area contributed by atoms with E-state index < -0.39 is 5.60 Å². The molecule has 5 nitrogen and oxygen atoms in total. The predicted molar refractivity (Wildman–Crippen MR) is 80.0 cm³/mol. The summed E-state index contributed by atoms with van der Waals surface area (Å²) < 4.78 is 6.21. The van der Waals surface area contributed by atoms with Gasteiger partial charge in [-0.1, -0.05) is 0 Å². The van der Waals surface area contributed by atoms with Crippen LogP contribution in [0.2, 0.25) is 0 Å². The van der Waals surface area contributed by atoms with Crippen molar-refractivity contribution in [3.63, 3.8) is 0 Å². The summed E-state index contributed by atoms with van der Waals surface area (Å²) in [7, 11) is 0. The molecule has 1 aromatic heterocycles. The van der Waals surface area contributed by atoms with Crippen molar-refractivity contribution >= 4 is 0 Å². The lowest BCUT2D eigenvalue weighted by atomic mass is 9.84. The van der Waals surface area contributed by atoms with E-state index in [4.69, 9.17) is 4.74 Å². The second kappa shape index (κ2) is 5.63. The van der Waals surface area contributed by atoms with Crippen molar-refractivity contribution in [2.75, 3.05) is 26.2 Å². The van der Waals surface area contributed by atoms with Gasteiger partial charge >= 0.3 is 0 Å². The zero-order valence-electron chi connectivity index (χ0n) is 13.0. The number of likely N-dealkylation sites (tertiary alicyclic amines) is 1. The molecule has 21 heavy (non-hydrogen) atoms. The van der Waals surface area contributed by atoms with Gasteiger partial charge in [0.05, 0.1) is 17.8 Å². The number of hydrogen-bond donors (Lipinski definition) is 1. The first-order chi connectivity index (χ1) is 9.96. The van der Waals surface area contributed by atoms with Crippen LogP contribution in [0.15, 0.2) is 18.7 Å². The SMILES string of the molecule is CC(C)(O)CN1CCC[C@]2(C[C@@H](c3cncnc3)CO2)C1. The van der Waals surface area contributed by atoms with E-state index in [0.717, 1.165) is 39.0 Å². The molecule has 0 aliphatic carbocycles. The van der Waals surface area contributed by atoms with Gasteiger partial charge in [0.25, 0.3) is 0 Å². The topological polar surface area (TPSA) is 58.5 Å². The lowest BCUT2D eigenvalue weighted by molar-refractivity contribution is -0.0684. The predicted octanol–water partition coefficient (Wildman–Crippen LogP) is 1.59. The molecule has 2 saturated heterocycles. The quantitative estimate of drug-likeness (QED) is 0.916. The summed E-state index contributed by atoms with van der Waals surface area (Å²) in [5.74, 6) is 0.397. The standard InChI is InChI=1S/C16H25N3O2/c1-15(2,20)10-19-5-3-4-16(11-19)6-13(9-21-16)14-7-17-12-18-8-14/h7-8,12-13,20H,3-6,9-11H2,1-2H3/t13-,16+/m1/s1. The monoisotopic (exact) mass is 291 g/mol. The van der Waals surface area contributed by atoms with Crippen LogP contribution in [0.3, 0.4) is 0 Å². The Morgan fingerprint density at radius 2 is 2.19 bits per heavy atom. The third-order valence-electron chi connectivity index (χ3n) is 4.49. The molecule has 0 aromatic carbocycles. The largest absolute Gasteiger partial charge is 0.389 e. The highest BCUT2D eigenvalue weighted by atomic mass is 16.5. The van der Waals surface area contributed by atoms with Gasteiger partial charge in [0, 0.05) is 31.4 Å². The molecule has 3 rings (SSSR count). The molecule has 0 bridgehead atoms. The van der Waals surface area contributed by atoms with Crippen molar-refractivity contribution in [1.82, 2.24) is 14.9 Å². The van der Waals surface area contributed by atoms with Gasteiger partial charge in [-0.15, -0.1) is 0 Å². The number of aromatic nitrogens is 2. The lowest BCUT2D eigenvalue weighted by Crippen LogP contribution is -2.51. The van der Waals surface area contributed by atoms with Crippen LogP contribution in [0.4, 0.5) is 0 Å². The van der Waals surface area contributed by atoms with Crippen LogP contribution in [0.1, 0.15) is 44.6 Å². The Labute approximate surface area is 126 Å². The molecule has 1 spiro atoms. The summed E-state index contributed by atoms with van der Waals surface area (Å²) >= 11 is 0. The van der Waals surface area contributed by atoms with Gasteiger partial charge in [-0.3, -0.25) is 4.90 Å². The van der Waals surface area contributed by atoms with Crippen molar-refractivity contribution < 1.29 is 9.84 Å². The fourth-order valence-electron chi connectivity index (χ4n) is 3.74. The minimum absolute atomic E-state index is 0.0516. The molecule has 2 fully saturated rings. The number of aliphatic hydroxyl groups is 1. The molecule has 2 atom stereocenters. The van der Waals surface area contributed by atoms with E-state index in [2.05, 4.69) is 14.9 Å². The zero-order chi connectivity index (χ0) is 14.9. The maximum atomic E-state index is 10.0. The minimum atomic E-state index is -0.649. The van der Waals surface area contributed by atoms with E-state index in [1.165, 1.54) is 5.56 Å². The summed E-state index contributed by atoms with van der Waals surface area (Å²) in [6, 6.07) is 0. The van der Waals surface area contributed by atoms with Crippen molar-refractivity contribution in [2.24, 2.45) is 0 Å². The Morgan fingerprint density at radius 3 is 2.90 bits per heavy atom. The molecule has 0 unspecified atom stereocenters. The van der Waals surface area contributed by atoms with Gasteiger partial charge < -0.3 is 9.84 Å². The fraction of sp³-hybridized carbons (Fsp3) is 0.750. The zero-order valence-corrected chi connectivity index (χ0v) is 13.0. The summed E-state index contributed by atoms with van der Waals surface area (Å²) in [5, 5.41) is 10.0. The Balaban J connectivity index is 1.66. The molecule has 3 heterocycles. The average Bonchev–Trinajstić information content (AvgIpc) is 2.81. The van der Waals surface area contributed by atoms with Crippen LogP contribution < -0.4 is 0 Å². The number of β-amino-alcohol motifs (C(OH)–C–C–N with tert-alkyl or cyclic N) is 1. The Morgan fingerprint density at radius 1 is 1.43 bits per heavy atom. The van der Waals surface area contributed by atoms with Crippen LogP contribution in [-0.2, 0) is 4.74 Å². The molecule has 0 amide bonds. The number of ether oxygens (including phenoxy) is 1. The van der Waals surface area contributed by atoms with E-state index in [0.29, 0.717) is 12.5 Å². The van der Waals surface area contributed by atoms with Crippen molar-refractivity contribution in [1.29, 1.82) is 0 Å². The van der Waals surface area contributed by atoms with Crippen LogP contribution >= 0.6 is 0 Å². The number of nitrogens with zero attached hydrogens (tertiary/aromatic N) is 3. The number of rotatable bonds is 3. The fourth-order valence-corrected chi connectivity index (χ4v) is 3.74. The summed E-state index contributed by atoms with van der Waals surface area (Å²) in [4.78, 5) is 10.6. The molecule has 116 valence electrons. The summed E-state index contributed by atoms with van der Waals surface area (Å²) in [6.45, 7) is 7.16. The van der Waals surface area contributed by atoms with Crippen LogP contribution in [0, 0.1) is 0 Å². The normalized spacial score (nSPS) is 30.9. The van der Waals surface area contributed by atoms with Crippen molar-refractivity contribution in [2.45, 2.75) is 50.2 Å². The molecule has 0 saturated carbocycles. The maximum Gasteiger partial charge on any atom is 0.115 e. The molecule has 1 N–H and O–H groups in total. The molecule has 0 radical (unpaired) electrons. The number of piperidine rings is 1. The lowest BCUT2D eigenvalue weighted by Gasteiger charge is -2.41. The smallest absolute Gasteiger partial charge is 0.115 e. The maximum absolute atomic E-state index is 10.0. The Bertz CT molecular complexity index is 474. The average molecular weight is 291 g/mol. The second-order valence-electron chi connectivity index (χ2n) is 7.19. The van der Waals surface area contributed by atoms with E-state index in [1.807, 2.05) is 26.2 Å². The second-order valence-corrected chi connectivity index (χ2v) is 7.19. The molecule has 2 aliphatic heterocycles. The minimum Gasteiger partial charge on any atom is -0.389 e. The van der Waals surface area contributed by atoms with E-state index in [1.54, 1.807) is 6.33 Å². The third kappa shape index (κ3) is 3.59. The number of hydrogen-bond acceptors (Lipinski definition) is 5. The summed E-state index contributed by atoms with van der Waals surface area (Å²) in [6.07, 6.45) is 8.64. The van der Waals surface area contributed by atoms with Crippen LogP contribution in [0.5, 0.6) is 0 Å². The first kappa shape index (κ1) is 14.9. The highest BCUT2D eigenvalue weighted by molar-refractivity contribution is 5.15. The summed E-state index contributed by atoms with van der Waals surface area (Å²) in [5.41, 5.74) is 0.474. The van der Waals surface area contributed by atoms with Crippen molar-refractivity contribution in [3.05, 3.63) is 24.3 Å². The van der Waals surface area contributed by atoms with Gasteiger partial charge in [0.15, 0.2) is 0 Å². The van der Waals surface area contributed by atoms with Gasteiger partial charge in [0.1, 0.15) is 6.33 Å². The molecular weight excluding hydrogens is 266 g/mol. The first-order valence-electron chi connectivity index (χ1n) is 7.79. The van der Waals surface area contributed by atoms with Gasteiger partial charge in [-0.2, -0.15) is 0 Å². The van der Waals surface area contributed by atoms with Crippen molar-refractivity contribution in [3.8, 4) is 0 Å². The Hall–Kier alpha value is -1.04. The van der Waals surface area contributed by atoms with Crippen LogP contribution in [-0.4, -0.2) is 57.4 Å². The highest BCUT2D eigenvalue weighted by Gasteiger charge is 2.44. The molecular formula is C16H25N3O2. The highest BCUT2D eigenvalue weighted by Crippen LogP contribution is 2.41. The van der Waals surface area contributed by atoms with E-state index in [-0.39, 0.29) is 5.60 Å². The van der Waals surface area contributed by atoms with Crippen LogP contribution in [0.25, 0.3) is 0 Å².